The molecule has 1 aliphatic rings. The summed E-state index contributed by atoms with van der Waals surface area (Å²) in [7, 11) is 0. The summed E-state index contributed by atoms with van der Waals surface area (Å²) >= 11 is 0. The molecular weight excluding hydrogens is 232 g/mol. The van der Waals surface area contributed by atoms with E-state index in [9.17, 15) is 14.7 Å². The smallest absolute Gasteiger partial charge is 0.331 e. The molecule has 0 radical (unpaired) electrons. The van der Waals surface area contributed by atoms with Crippen LogP contribution in [-0.2, 0) is 0 Å². The van der Waals surface area contributed by atoms with Crippen LogP contribution in [0.1, 0.15) is 51.1 Å². The number of nitrogens with one attached hydrogen (secondary N) is 1. The molecule has 0 spiro atoms. The Kier molecular flexibility index (Phi) is 3.09. The summed E-state index contributed by atoms with van der Waals surface area (Å²) in [5, 5.41) is 10.1. The maximum Gasteiger partial charge on any atom is 0.331 e. The standard InChI is InChI=1S/C13H20N2O3/c1-8-10(16)14-12(18)15(11(8)17)9-6-4-5-7-13(9,2)3/h9,17H,4-7H2,1-3H3,(H,14,16,18). The number of hydrogen-bond donors (Lipinski definition) is 2. The van der Waals surface area contributed by atoms with Gasteiger partial charge in [-0.15, -0.1) is 0 Å². The maximum absolute atomic E-state index is 11.9. The molecule has 0 amide bonds. The van der Waals surface area contributed by atoms with Crippen molar-refractivity contribution in [3.05, 3.63) is 26.4 Å². The highest BCUT2D eigenvalue weighted by atomic mass is 16.3. The average Bonchev–Trinajstić information content (AvgIpc) is 2.28. The summed E-state index contributed by atoms with van der Waals surface area (Å²) in [4.78, 5) is 25.7. The van der Waals surface area contributed by atoms with E-state index < -0.39 is 11.2 Å². The average molecular weight is 252 g/mol. The number of aromatic hydroxyl groups is 1. The predicted molar refractivity (Wildman–Crippen MR) is 69.0 cm³/mol. The van der Waals surface area contributed by atoms with E-state index >= 15 is 0 Å². The highest BCUT2D eigenvalue weighted by Gasteiger charge is 2.35. The van der Waals surface area contributed by atoms with E-state index in [-0.39, 0.29) is 22.9 Å². The second kappa shape index (κ2) is 4.30. The van der Waals surface area contributed by atoms with E-state index in [1.807, 2.05) is 0 Å². The normalized spacial score (nSPS) is 22.9. The molecule has 5 nitrogen and oxygen atoms in total. The highest BCUT2D eigenvalue weighted by molar-refractivity contribution is 5.21. The lowest BCUT2D eigenvalue weighted by Gasteiger charge is -2.39. The van der Waals surface area contributed by atoms with Crippen LogP contribution in [0.15, 0.2) is 9.59 Å². The van der Waals surface area contributed by atoms with Crippen LogP contribution in [0, 0.1) is 12.3 Å². The third kappa shape index (κ3) is 1.98. The minimum atomic E-state index is -0.512. The second-order valence-corrected chi connectivity index (χ2v) is 5.83. The van der Waals surface area contributed by atoms with E-state index in [1.54, 1.807) is 0 Å². The Morgan fingerprint density at radius 1 is 1.33 bits per heavy atom. The SMILES string of the molecule is Cc1c(O)n(C2CCCCC2(C)C)c(=O)[nH]c1=O. The summed E-state index contributed by atoms with van der Waals surface area (Å²) in [6, 6.07) is -0.0608. The van der Waals surface area contributed by atoms with E-state index in [1.165, 1.54) is 11.5 Å². The molecule has 2 N–H and O–H groups in total. The van der Waals surface area contributed by atoms with Gasteiger partial charge in [0.2, 0.25) is 5.88 Å². The Morgan fingerprint density at radius 2 is 2.00 bits per heavy atom. The Hall–Kier alpha value is -1.52. The zero-order valence-electron chi connectivity index (χ0n) is 11.1. The molecule has 1 aliphatic carbocycles. The largest absolute Gasteiger partial charge is 0.494 e. The Bertz CT molecular complexity index is 569. The van der Waals surface area contributed by atoms with Crippen molar-refractivity contribution in [3.8, 4) is 5.88 Å². The molecule has 1 fully saturated rings. The molecule has 1 saturated carbocycles. The van der Waals surface area contributed by atoms with Gasteiger partial charge in [0.1, 0.15) is 0 Å². The number of aromatic nitrogens is 2. The van der Waals surface area contributed by atoms with Gasteiger partial charge >= 0.3 is 5.69 Å². The van der Waals surface area contributed by atoms with Crippen LogP contribution >= 0.6 is 0 Å². The van der Waals surface area contributed by atoms with Gasteiger partial charge in [0.05, 0.1) is 5.56 Å². The van der Waals surface area contributed by atoms with Crippen molar-refractivity contribution >= 4 is 0 Å². The number of H-pyrrole nitrogens is 1. The molecule has 1 heterocycles. The lowest BCUT2D eigenvalue weighted by molar-refractivity contribution is 0.129. The fraction of sp³-hybridized carbons (Fsp3) is 0.692. The van der Waals surface area contributed by atoms with Crippen LogP contribution in [0.2, 0.25) is 0 Å². The van der Waals surface area contributed by atoms with Crippen LogP contribution in [-0.4, -0.2) is 14.7 Å². The molecule has 1 atom stereocenters. The minimum Gasteiger partial charge on any atom is -0.494 e. The molecule has 5 heteroatoms. The second-order valence-electron chi connectivity index (χ2n) is 5.83. The molecule has 0 bridgehead atoms. The van der Waals surface area contributed by atoms with Gasteiger partial charge in [-0.1, -0.05) is 26.7 Å². The van der Waals surface area contributed by atoms with Crippen molar-refractivity contribution in [3.63, 3.8) is 0 Å². The first kappa shape index (κ1) is 12.9. The van der Waals surface area contributed by atoms with Gasteiger partial charge in [-0.2, -0.15) is 0 Å². The zero-order valence-corrected chi connectivity index (χ0v) is 11.1. The first-order chi connectivity index (χ1) is 8.34. The van der Waals surface area contributed by atoms with E-state index in [4.69, 9.17) is 0 Å². The van der Waals surface area contributed by atoms with Gasteiger partial charge in [-0.05, 0) is 25.2 Å². The molecule has 1 unspecified atom stereocenters. The molecule has 18 heavy (non-hydrogen) atoms. The summed E-state index contributed by atoms with van der Waals surface area (Å²) in [6.45, 7) is 5.73. The van der Waals surface area contributed by atoms with Crippen LogP contribution < -0.4 is 11.2 Å². The minimum absolute atomic E-state index is 0.0514. The van der Waals surface area contributed by atoms with Crippen LogP contribution in [0.4, 0.5) is 0 Å². The topological polar surface area (TPSA) is 75.1 Å². The number of aromatic amines is 1. The number of nitrogens with zero attached hydrogens (tertiary/aromatic N) is 1. The molecule has 100 valence electrons. The summed E-state index contributed by atoms with van der Waals surface area (Å²) in [6.07, 6.45) is 4.05. The number of hydrogen-bond acceptors (Lipinski definition) is 3. The predicted octanol–water partition coefficient (Wildman–Crippen LogP) is 1.69. The van der Waals surface area contributed by atoms with Crippen LogP contribution in [0.3, 0.4) is 0 Å². The van der Waals surface area contributed by atoms with Crippen molar-refractivity contribution in [1.29, 1.82) is 0 Å². The molecule has 0 saturated heterocycles. The van der Waals surface area contributed by atoms with Crippen molar-refractivity contribution in [2.75, 3.05) is 0 Å². The molecule has 1 aromatic rings. The van der Waals surface area contributed by atoms with Gasteiger partial charge in [0, 0.05) is 6.04 Å². The number of rotatable bonds is 1. The lowest BCUT2D eigenvalue weighted by Crippen LogP contribution is -2.40. The van der Waals surface area contributed by atoms with Gasteiger partial charge < -0.3 is 5.11 Å². The van der Waals surface area contributed by atoms with Gasteiger partial charge in [-0.25, -0.2) is 4.79 Å². The maximum atomic E-state index is 11.9. The Balaban J connectivity index is 2.61. The molecule has 1 aromatic heterocycles. The summed E-state index contributed by atoms with van der Waals surface area (Å²) in [5.74, 6) is -0.191. The van der Waals surface area contributed by atoms with Crippen LogP contribution in [0.25, 0.3) is 0 Å². The third-order valence-electron chi connectivity index (χ3n) is 4.11. The van der Waals surface area contributed by atoms with E-state index in [0.29, 0.717) is 0 Å². The van der Waals surface area contributed by atoms with Crippen molar-refractivity contribution < 1.29 is 5.11 Å². The summed E-state index contributed by atoms with van der Waals surface area (Å²) in [5.41, 5.74) is -0.869. The molecule has 0 aliphatic heterocycles. The van der Waals surface area contributed by atoms with Crippen molar-refractivity contribution in [1.82, 2.24) is 9.55 Å². The summed E-state index contributed by atoms with van der Waals surface area (Å²) < 4.78 is 1.36. The van der Waals surface area contributed by atoms with Gasteiger partial charge in [0.15, 0.2) is 0 Å². The third-order valence-corrected chi connectivity index (χ3v) is 4.11. The Labute approximate surface area is 105 Å². The zero-order chi connectivity index (χ0) is 13.5. The monoisotopic (exact) mass is 252 g/mol. The molecular formula is C13H20N2O3. The van der Waals surface area contributed by atoms with Crippen LogP contribution in [0.5, 0.6) is 5.88 Å². The van der Waals surface area contributed by atoms with Crippen molar-refractivity contribution in [2.45, 2.75) is 52.5 Å². The lowest BCUT2D eigenvalue weighted by atomic mass is 9.73. The molecule has 2 rings (SSSR count). The fourth-order valence-corrected chi connectivity index (χ4v) is 2.87. The van der Waals surface area contributed by atoms with E-state index in [2.05, 4.69) is 18.8 Å². The first-order valence-corrected chi connectivity index (χ1v) is 6.39. The van der Waals surface area contributed by atoms with Gasteiger partial charge in [0.25, 0.3) is 5.56 Å². The van der Waals surface area contributed by atoms with Gasteiger partial charge in [-0.3, -0.25) is 14.3 Å². The van der Waals surface area contributed by atoms with E-state index in [0.717, 1.165) is 25.7 Å². The quantitative estimate of drug-likeness (QED) is 0.798. The first-order valence-electron chi connectivity index (χ1n) is 6.39. The highest BCUT2D eigenvalue weighted by Crippen LogP contribution is 2.44. The molecule has 0 aromatic carbocycles. The Morgan fingerprint density at radius 3 is 2.61 bits per heavy atom. The van der Waals surface area contributed by atoms with Crippen molar-refractivity contribution in [2.24, 2.45) is 5.41 Å². The fourth-order valence-electron chi connectivity index (χ4n) is 2.87.